The summed E-state index contributed by atoms with van der Waals surface area (Å²) in [5, 5.41) is 10.7. The van der Waals surface area contributed by atoms with E-state index < -0.39 is 5.60 Å². The number of H-pyrrole nitrogens is 1. The first-order valence-electron chi connectivity index (χ1n) is 8.07. The largest absolute Gasteiger partial charge is 0.389 e. The highest BCUT2D eigenvalue weighted by Gasteiger charge is 2.30. The van der Waals surface area contributed by atoms with Crippen molar-refractivity contribution >= 4 is 11.0 Å². The molecule has 22 heavy (non-hydrogen) atoms. The summed E-state index contributed by atoms with van der Waals surface area (Å²) >= 11 is 0. The van der Waals surface area contributed by atoms with E-state index >= 15 is 0 Å². The Bertz CT molecular complexity index is 591. The number of para-hydroxylation sites is 2. The van der Waals surface area contributed by atoms with Gasteiger partial charge in [-0.1, -0.05) is 12.1 Å². The summed E-state index contributed by atoms with van der Waals surface area (Å²) in [7, 11) is 4.05. The molecule has 1 saturated heterocycles. The first-order chi connectivity index (χ1) is 10.5. The van der Waals surface area contributed by atoms with E-state index in [1.807, 2.05) is 32.3 Å². The third-order valence-electron chi connectivity index (χ3n) is 4.43. The van der Waals surface area contributed by atoms with E-state index in [9.17, 15) is 5.11 Å². The van der Waals surface area contributed by atoms with E-state index in [0.717, 1.165) is 62.3 Å². The smallest absolute Gasteiger partial charge is 0.121 e. The third kappa shape index (κ3) is 3.66. The van der Waals surface area contributed by atoms with Crippen LogP contribution in [-0.2, 0) is 6.54 Å². The zero-order valence-corrected chi connectivity index (χ0v) is 13.5. The molecule has 3 rings (SSSR count). The number of aromatic amines is 1. The van der Waals surface area contributed by atoms with Crippen LogP contribution in [0.15, 0.2) is 24.3 Å². The summed E-state index contributed by atoms with van der Waals surface area (Å²) in [6, 6.07) is 8.13. The normalized spacial score (nSPS) is 24.0. The van der Waals surface area contributed by atoms with Crippen LogP contribution in [0.25, 0.3) is 11.0 Å². The van der Waals surface area contributed by atoms with Gasteiger partial charge >= 0.3 is 0 Å². The second kappa shape index (κ2) is 6.36. The van der Waals surface area contributed by atoms with Gasteiger partial charge in [-0.15, -0.1) is 0 Å². The number of rotatable bonds is 4. The number of likely N-dealkylation sites (tertiary alicyclic amines) is 1. The van der Waals surface area contributed by atoms with Crippen molar-refractivity contribution in [3.05, 3.63) is 30.1 Å². The number of imidazole rings is 1. The maximum Gasteiger partial charge on any atom is 0.121 e. The Labute approximate surface area is 131 Å². The molecule has 0 spiro atoms. The summed E-state index contributed by atoms with van der Waals surface area (Å²) < 4.78 is 0. The standard InChI is InChI=1S/C17H26N4O/c1-20(2)13-17(22)8-5-10-21(11-9-17)12-16-18-14-6-3-4-7-15(14)19-16/h3-4,6-7,22H,5,8-13H2,1-2H3,(H,18,19)/t17-/m0/s1. The number of benzene rings is 1. The molecular weight excluding hydrogens is 276 g/mol. The average Bonchev–Trinajstić information content (AvgIpc) is 2.77. The van der Waals surface area contributed by atoms with Gasteiger partial charge in [-0.3, -0.25) is 4.90 Å². The highest BCUT2D eigenvalue weighted by atomic mass is 16.3. The van der Waals surface area contributed by atoms with Crippen molar-refractivity contribution in [1.82, 2.24) is 19.8 Å². The van der Waals surface area contributed by atoms with Crippen LogP contribution >= 0.6 is 0 Å². The summed E-state index contributed by atoms with van der Waals surface area (Å²) in [4.78, 5) is 12.5. The van der Waals surface area contributed by atoms with E-state index in [1.165, 1.54) is 0 Å². The van der Waals surface area contributed by atoms with Crippen LogP contribution < -0.4 is 0 Å². The van der Waals surface area contributed by atoms with Crippen LogP contribution in [0, 0.1) is 0 Å². The van der Waals surface area contributed by atoms with Crippen molar-refractivity contribution in [1.29, 1.82) is 0 Å². The summed E-state index contributed by atoms with van der Waals surface area (Å²) in [6.07, 6.45) is 2.73. The summed E-state index contributed by atoms with van der Waals surface area (Å²) in [5.41, 5.74) is 1.57. The molecule has 1 aliphatic heterocycles. The molecule has 1 aromatic carbocycles. The predicted molar refractivity (Wildman–Crippen MR) is 88.7 cm³/mol. The van der Waals surface area contributed by atoms with Crippen molar-refractivity contribution in [2.45, 2.75) is 31.4 Å². The molecule has 120 valence electrons. The number of hydrogen-bond acceptors (Lipinski definition) is 4. The minimum atomic E-state index is -0.549. The van der Waals surface area contributed by atoms with E-state index in [0.29, 0.717) is 0 Å². The lowest BCUT2D eigenvalue weighted by Gasteiger charge is -2.29. The number of hydrogen-bond donors (Lipinski definition) is 2. The molecule has 0 aliphatic carbocycles. The Balaban J connectivity index is 1.64. The lowest BCUT2D eigenvalue weighted by molar-refractivity contribution is 0.00253. The fourth-order valence-electron chi connectivity index (χ4n) is 3.43. The fourth-order valence-corrected chi connectivity index (χ4v) is 3.43. The van der Waals surface area contributed by atoms with Gasteiger partial charge in [-0.2, -0.15) is 0 Å². The maximum absolute atomic E-state index is 10.7. The van der Waals surface area contributed by atoms with Gasteiger partial charge in [0.1, 0.15) is 5.82 Å². The van der Waals surface area contributed by atoms with Crippen LogP contribution in [0.3, 0.4) is 0 Å². The van der Waals surface area contributed by atoms with E-state index in [1.54, 1.807) is 0 Å². The lowest BCUT2D eigenvalue weighted by atomic mass is 9.94. The third-order valence-corrected chi connectivity index (χ3v) is 4.43. The number of nitrogens with one attached hydrogen (secondary N) is 1. The minimum Gasteiger partial charge on any atom is -0.389 e. The number of likely N-dealkylation sites (N-methyl/N-ethyl adjacent to an activating group) is 1. The van der Waals surface area contributed by atoms with Crippen molar-refractivity contribution in [2.75, 3.05) is 33.7 Å². The molecule has 0 bridgehead atoms. The minimum absolute atomic E-state index is 0.549. The van der Waals surface area contributed by atoms with Crippen LogP contribution in [0.5, 0.6) is 0 Å². The molecular formula is C17H26N4O. The molecule has 2 aromatic rings. The molecule has 1 aromatic heterocycles. The maximum atomic E-state index is 10.7. The first-order valence-corrected chi connectivity index (χ1v) is 8.07. The molecule has 0 radical (unpaired) electrons. The van der Waals surface area contributed by atoms with E-state index in [4.69, 9.17) is 0 Å². The molecule has 5 heteroatoms. The number of aliphatic hydroxyl groups is 1. The zero-order chi connectivity index (χ0) is 15.6. The molecule has 1 atom stereocenters. The van der Waals surface area contributed by atoms with Crippen LogP contribution in [0.4, 0.5) is 0 Å². The second-order valence-electron chi connectivity index (χ2n) is 6.79. The SMILES string of the molecule is CN(C)C[C@]1(O)CCCN(Cc2nc3ccccc3[nH]2)CC1. The van der Waals surface area contributed by atoms with Gasteiger partial charge < -0.3 is 15.0 Å². The van der Waals surface area contributed by atoms with Crippen molar-refractivity contribution in [2.24, 2.45) is 0 Å². The zero-order valence-electron chi connectivity index (χ0n) is 13.5. The first kappa shape index (κ1) is 15.5. The van der Waals surface area contributed by atoms with Crippen LogP contribution in [0.1, 0.15) is 25.1 Å². The lowest BCUT2D eigenvalue weighted by Crippen LogP contribution is -2.40. The summed E-state index contributed by atoms with van der Waals surface area (Å²) in [5.74, 6) is 1.01. The quantitative estimate of drug-likeness (QED) is 0.905. The number of nitrogens with zero attached hydrogens (tertiary/aromatic N) is 3. The summed E-state index contributed by atoms with van der Waals surface area (Å²) in [6.45, 7) is 3.51. The molecule has 0 saturated carbocycles. The highest BCUT2D eigenvalue weighted by Crippen LogP contribution is 2.24. The topological polar surface area (TPSA) is 55.4 Å². The number of aromatic nitrogens is 2. The van der Waals surface area contributed by atoms with Crippen molar-refractivity contribution in [3.8, 4) is 0 Å². The Morgan fingerprint density at radius 2 is 2.09 bits per heavy atom. The monoisotopic (exact) mass is 302 g/mol. The molecule has 1 fully saturated rings. The number of fused-ring (bicyclic) bond motifs is 1. The van der Waals surface area contributed by atoms with E-state index in [-0.39, 0.29) is 0 Å². The Morgan fingerprint density at radius 3 is 2.86 bits per heavy atom. The molecule has 2 heterocycles. The predicted octanol–water partition coefficient (Wildman–Crippen LogP) is 1.84. The molecule has 5 nitrogen and oxygen atoms in total. The highest BCUT2D eigenvalue weighted by molar-refractivity contribution is 5.74. The molecule has 0 unspecified atom stereocenters. The van der Waals surface area contributed by atoms with Gasteiger partial charge in [0, 0.05) is 13.1 Å². The van der Waals surface area contributed by atoms with Crippen LogP contribution in [0.2, 0.25) is 0 Å². The molecule has 0 amide bonds. The van der Waals surface area contributed by atoms with Gasteiger partial charge in [0.15, 0.2) is 0 Å². The molecule has 1 aliphatic rings. The van der Waals surface area contributed by atoms with Crippen molar-refractivity contribution < 1.29 is 5.11 Å². The van der Waals surface area contributed by atoms with Crippen LogP contribution in [-0.4, -0.2) is 64.2 Å². The van der Waals surface area contributed by atoms with E-state index in [2.05, 4.69) is 25.8 Å². The second-order valence-corrected chi connectivity index (χ2v) is 6.79. The van der Waals surface area contributed by atoms with Gasteiger partial charge in [0.25, 0.3) is 0 Å². The Hall–Kier alpha value is -1.43. The van der Waals surface area contributed by atoms with Gasteiger partial charge in [-0.25, -0.2) is 4.98 Å². The average molecular weight is 302 g/mol. The Morgan fingerprint density at radius 1 is 1.27 bits per heavy atom. The fraction of sp³-hybridized carbons (Fsp3) is 0.588. The van der Waals surface area contributed by atoms with Crippen molar-refractivity contribution in [3.63, 3.8) is 0 Å². The Kier molecular flexibility index (Phi) is 4.47. The van der Waals surface area contributed by atoms with Gasteiger partial charge in [-0.05, 0) is 52.0 Å². The molecule has 2 N–H and O–H groups in total. The van der Waals surface area contributed by atoms with Gasteiger partial charge in [0.05, 0.1) is 23.2 Å². The van der Waals surface area contributed by atoms with Gasteiger partial charge in [0.2, 0.25) is 0 Å².